The maximum atomic E-state index is 4.10. The molecule has 2 bridgehead atoms. The van der Waals surface area contributed by atoms with Gasteiger partial charge in [-0.25, -0.2) is 9.97 Å². The summed E-state index contributed by atoms with van der Waals surface area (Å²) in [5, 5.41) is 0. The maximum Gasteiger partial charge on any atom is 0.115 e. The van der Waals surface area contributed by atoms with Gasteiger partial charge in [-0.1, -0.05) is 24.3 Å². The van der Waals surface area contributed by atoms with Gasteiger partial charge in [-0.2, -0.15) is 0 Å². The normalized spacial score (nSPS) is 24.6. The molecule has 4 rings (SSSR count). The lowest BCUT2D eigenvalue weighted by Crippen LogP contribution is -2.54. The highest BCUT2D eigenvalue weighted by Crippen LogP contribution is 2.32. The van der Waals surface area contributed by atoms with Crippen LogP contribution >= 0.6 is 0 Å². The molecule has 24 heavy (non-hydrogen) atoms. The summed E-state index contributed by atoms with van der Waals surface area (Å²) in [6, 6.07) is 11.0. The minimum atomic E-state index is 0.669. The third kappa shape index (κ3) is 3.08. The molecule has 1 aromatic heterocycles. The van der Waals surface area contributed by atoms with Crippen molar-refractivity contribution in [3.8, 4) is 11.1 Å². The molecule has 0 aliphatic carbocycles. The predicted molar refractivity (Wildman–Crippen MR) is 96.5 cm³/mol. The van der Waals surface area contributed by atoms with Crippen LogP contribution in [-0.4, -0.2) is 51.0 Å². The van der Waals surface area contributed by atoms with E-state index in [2.05, 4.69) is 57.9 Å². The van der Waals surface area contributed by atoms with Gasteiger partial charge in [0.15, 0.2) is 0 Å². The van der Waals surface area contributed by atoms with Crippen LogP contribution in [0.3, 0.4) is 0 Å². The van der Waals surface area contributed by atoms with Crippen LogP contribution in [0.25, 0.3) is 11.1 Å². The largest absolute Gasteiger partial charge is 0.298 e. The van der Waals surface area contributed by atoms with Crippen LogP contribution in [0.15, 0.2) is 43.0 Å². The average Bonchev–Trinajstić information content (AvgIpc) is 2.84. The van der Waals surface area contributed by atoms with Crippen LogP contribution < -0.4 is 0 Å². The number of nitrogens with zero attached hydrogens (tertiary/aromatic N) is 4. The zero-order valence-electron chi connectivity index (χ0n) is 14.6. The lowest BCUT2D eigenvalue weighted by Gasteiger charge is -2.42. The van der Waals surface area contributed by atoms with Gasteiger partial charge in [-0.15, -0.1) is 0 Å². The summed E-state index contributed by atoms with van der Waals surface area (Å²) in [5.74, 6) is 0. The molecule has 2 saturated heterocycles. The highest BCUT2D eigenvalue weighted by molar-refractivity contribution is 5.61. The van der Waals surface area contributed by atoms with E-state index in [9.17, 15) is 0 Å². The van der Waals surface area contributed by atoms with E-state index in [1.54, 1.807) is 6.33 Å². The number of likely N-dealkylation sites (tertiary alicyclic amines) is 1. The Hall–Kier alpha value is -1.78. The Morgan fingerprint density at radius 1 is 0.958 bits per heavy atom. The minimum Gasteiger partial charge on any atom is -0.298 e. The first-order valence-corrected chi connectivity index (χ1v) is 9.05. The number of benzene rings is 1. The van der Waals surface area contributed by atoms with Crippen molar-refractivity contribution >= 4 is 0 Å². The number of hydrogen-bond acceptors (Lipinski definition) is 4. The van der Waals surface area contributed by atoms with E-state index in [0.29, 0.717) is 6.04 Å². The van der Waals surface area contributed by atoms with E-state index >= 15 is 0 Å². The van der Waals surface area contributed by atoms with Crippen LogP contribution in [0, 0.1) is 0 Å². The van der Waals surface area contributed by atoms with Gasteiger partial charge >= 0.3 is 0 Å². The Morgan fingerprint density at radius 2 is 1.58 bits per heavy atom. The second-order valence-corrected chi connectivity index (χ2v) is 7.43. The molecule has 0 radical (unpaired) electrons. The molecule has 2 fully saturated rings. The van der Waals surface area contributed by atoms with Crippen molar-refractivity contribution in [1.82, 2.24) is 19.8 Å². The topological polar surface area (TPSA) is 32.3 Å². The highest BCUT2D eigenvalue weighted by atomic mass is 15.3. The first kappa shape index (κ1) is 15.7. The molecule has 4 heteroatoms. The molecule has 3 heterocycles. The fourth-order valence-electron chi connectivity index (χ4n) is 4.16. The van der Waals surface area contributed by atoms with E-state index in [1.165, 1.54) is 37.1 Å². The SMILES string of the molecule is CC(C)N1CC2CCC(C1)N2Cc1ccc(-c2cncnc2)cc1. The van der Waals surface area contributed by atoms with E-state index < -0.39 is 0 Å². The van der Waals surface area contributed by atoms with Crippen molar-refractivity contribution in [2.45, 2.75) is 51.4 Å². The smallest absolute Gasteiger partial charge is 0.115 e. The Bertz CT molecular complexity index is 654. The Morgan fingerprint density at radius 3 is 2.17 bits per heavy atom. The van der Waals surface area contributed by atoms with Gasteiger partial charge in [0.25, 0.3) is 0 Å². The summed E-state index contributed by atoms with van der Waals surface area (Å²) in [6.07, 6.45) is 8.02. The predicted octanol–water partition coefficient (Wildman–Crippen LogP) is 3.20. The van der Waals surface area contributed by atoms with Crippen LogP contribution in [0.4, 0.5) is 0 Å². The third-order valence-corrected chi connectivity index (χ3v) is 5.60. The van der Waals surface area contributed by atoms with Gasteiger partial charge in [0, 0.05) is 55.7 Å². The molecule has 2 aliphatic rings. The zero-order chi connectivity index (χ0) is 16.5. The standard InChI is InChI=1S/C20H26N4/c1-15(2)23-12-19-7-8-20(13-23)24(19)11-16-3-5-17(6-4-16)18-9-21-14-22-10-18/h3-6,9-10,14-15,19-20H,7-8,11-13H2,1-2H3. The molecule has 0 spiro atoms. The van der Waals surface area contributed by atoms with Crippen molar-refractivity contribution in [2.75, 3.05) is 13.1 Å². The fourth-order valence-corrected chi connectivity index (χ4v) is 4.16. The summed E-state index contributed by atoms with van der Waals surface area (Å²) in [5.41, 5.74) is 3.67. The fraction of sp³-hybridized carbons (Fsp3) is 0.500. The zero-order valence-corrected chi connectivity index (χ0v) is 14.6. The van der Waals surface area contributed by atoms with Crippen LogP contribution in [0.5, 0.6) is 0 Å². The number of piperazine rings is 1. The highest BCUT2D eigenvalue weighted by Gasteiger charge is 2.40. The van der Waals surface area contributed by atoms with Crippen LogP contribution in [0.1, 0.15) is 32.3 Å². The summed E-state index contributed by atoms with van der Waals surface area (Å²) in [4.78, 5) is 13.6. The van der Waals surface area contributed by atoms with Crippen molar-refractivity contribution in [1.29, 1.82) is 0 Å². The molecule has 0 N–H and O–H groups in total. The van der Waals surface area contributed by atoms with Crippen molar-refractivity contribution in [2.24, 2.45) is 0 Å². The molecule has 0 amide bonds. The van der Waals surface area contributed by atoms with E-state index in [4.69, 9.17) is 0 Å². The number of hydrogen-bond donors (Lipinski definition) is 0. The van der Waals surface area contributed by atoms with Gasteiger partial charge in [-0.3, -0.25) is 9.80 Å². The Balaban J connectivity index is 1.45. The minimum absolute atomic E-state index is 0.669. The summed E-state index contributed by atoms with van der Waals surface area (Å²) >= 11 is 0. The van der Waals surface area contributed by atoms with Gasteiger partial charge in [0.2, 0.25) is 0 Å². The Kier molecular flexibility index (Phi) is 4.33. The molecule has 2 aromatic rings. The number of rotatable bonds is 4. The van der Waals surface area contributed by atoms with Crippen LogP contribution in [-0.2, 0) is 6.54 Å². The summed E-state index contributed by atoms with van der Waals surface area (Å²) in [7, 11) is 0. The van der Waals surface area contributed by atoms with Crippen molar-refractivity contribution in [3.63, 3.8) is 0 Å². The molecule has 1 aromatic carbocycles. The molecule has 0 saturated carbocycles. The second-order valence-electron chi connectivity index (χ2n) is 7.43. The Labute approximate surface area is 144 Å². The number of aromatic nitrogens is 2. The summed E-state index contributed by atoms with van der Waals surface area (Å²) < 4.78 is 0. The van der Waals surface area contributed by atoms with Crippen molar-refractivity contribution < 1.29 is 0 Å². The lowest BCUT2D eigenvalue weighted by atomic mass is 10.1. The molecule has 2 aliphatic heterocycles. The van der Waals surface area contributed by atoms with Gasteiger partial charge in [0.05, 0.1) is 0 Å². The van der Waals surface area contributed by atoms with E-state index in [0.717, 1.165) is 24.2 Å². The molecule has 126 valence electrons. The molecule has 4 nitrogen and oxygen atoms in total. The number of fused-ring (bicyclic) bond motifs is 2. The maximum absolute atomic E-state index is 4.10. The van der Waals surface area contributed by atoms with Gasteiger partial charge in [-0.05, 0) is 37.8 Å². The lowest BCUT2D eigenvalue weighted by molar-refractivity contribution is 0.0442. The first-order chi connectivity index (χ1) is 11.7. The molecular weight excluding hydrogens is 296 g/mol. The quantitative estimate of drug-likeness (QED) is 0.865. The van der Waals surface area contributed by atoms with Gasteiger partial charge < -0.3 is 0 Å². The second kappa shape index (κ2) is 6.61. The molecular formula is C20H26N4. The van der Waals surface area contributed by atoms with Gasteiger partial charge in [0.1, 0.15) is 6.33 Å². The summed E-state index contributed by atoms with van der Waals surface area (Å²) in [6.45, 7) is 8.18. The average molecular weight is 322 g/mol. The van der Waals surface area contributed by atoms with Crippen molar-refractivity contribution in [3.05, 3.63) is 48.5 Å². The van der Waals surface area contributed by atoms with E-state index in [-0.39, 0.29) is 0 Å². The molecule has 2 atom stereocenters. The van der Waals surface area contributed by atoms with Crippen LogP contribution in [0.2, 0.25) is 0 Å². The first-order valence-electron chi connectivity index (χ1n) is 9.05. The monoisotopic (exact) mass is 322 g/mol. The third-order valence-electron chi connectivity index (χ3n) is 5.60. The molecule has 2 unspecified atom stereocenters. The van der Waals surface area contributed by atoms with E-state index in [1.807, 2.05) is 12.4 Å².